The Kier molecular flexibility index (Phi) is 5.98. The topological polar surface area (TPSA) is 86.1 Å². The van der Waals surface area contributed by atoms with Crippen LogP contribution in [0.4, 0.5) is 9.18 Å². The molecule has 3 atom stereocenters. The van der Waals surface area contributed by atoms with Gasteiger partial charge in [-0.2, -0.15) is 13.1 Å². The second-order valence-electron chi connectivity index (χ2n) is 6.85. The Balaban J connectivity index is 1.49. The molecule has 0 bridgehead atoms. The van der Waals surface area contributed by atoms with Crippen molar-refractivity contribution in [3.8, 4) is 5.75 Å². The van der Waals surface area contributed by atoms with Crippen molar-refractivity contribution in [3.63, 3.8) is 0 Å². The first-order valence-corrected chi connectivity index (χ1v) is 10.3. The van der Waals surface area contributed by atoms with Crippen LogP contribution in [0.2, 0.25) is 0 Å². The SMILES string of the molecule is O=C(NS(=O)(=O)Oc1ccc(F)cc1)OC[C@@H]1CCC[NH+]2CCCC[C@H]12. The molecule has 26 heavy (non-hydrogen) atoms. The lowest BCUT2D eigenvalue weighted by Gasteiger charge is -2.40. The second kappa shape index (κ2) is 8.22. The van der Waals surface area contributed by atoms with Crippen LogP contribution in [0.1, 0.15) is 32.1 Å². The van der Waals surface area contributed by atoms with Crippen LogP contribution in [-0.4, -0.2) is 40.2 Å². The van der Waals surface area contributed by atoms with Crippen LogP contribution in [0.5, 0.6) is 5.75 Å². The van der Waals surface area contributed by atoms with E-state index in [1.165, 1.54) is 12.8 Å². The number of benzene rings is 1. The molecule has 2 heterocycles. The summed E-state index contributed by atoms with van der Waals surface area (Å²) in [5.74, 6) is -0.362. The standard InChI is InChI=1S/C17H23FN2O5S/c18-14-6-8-15(9-7-14)25-26(22,23)19-17(21)24-12-13-4-3-11-20-10-2-1-5-16(13)20/h6-9,13,16H,1-5,10-12H2,(H,19,21)/p+1/t13-,16+/m0/s1. The minimum atomic E-state index is -4.38. The Bertz CT molecular complexity index is 723. The lowest BCUT2D eigenvalue weighted by molar-refractivity contribution is -0.940. The van der Waals surface area contributed by atoms with Gasteiger partial charge in [0.25, 0.3) is 0 Å². The number of carbonyl (C=O) groups excluding carboxylic acids is 1. The molecule has 1 aromatic carbocycles. The first-order chi connectivity index (χ1) is 12.4. The number of ether oxygens (including phenoxy) is 1. The number of piperidine rings is 2. The molecular formula is C17H24FN2O5S+. The Morgan fingerprint density at radius 2 is 1.88 bits per heavy atom. The van der Waals surface area contributed by atoms with Gasteiger partial charge >= 0.3 is 16.4 Å². The number of fused-ring (bicyclic) bond motifs is 1. The van der Waals surface area contributed by atoms with E-state index in [0.717, 1.165) is 56.6 Å². The molecular weight excluding hydrogens is 363 g/mol. The van der Waals surface area contributed by atoms with E-state index in [0.29, 0.717) is 6.04 Å². The van der Waals surface area contributed by atoms with Crippen LogP contribution < -0.4 is 13.8 Å². The minimum Gasteiger partial charge on any atom is -0.448 e. The summed E-state index contributed by atoms with van der Waals surface area (Å²) in [4.78, 5) is 13.4. The number of hydrogen-bond acceptors (Lipinski definition) is 5. The van der Waals surface area contributed by atoms with Crippen molar-refractivity contribution in [1.29, 1.82) is 0 Å². The number of nitrogens with one attached hydrogen (secondary N) is 2. The molecule has 3 rings (SSSR count). The normalized spacial score (nSPS) is 25.8. The molecule has 0 aliphatic carbocycles. The van der Waals surface area contributed by atoms with E-state index in [1.807, 2.05) is 0 Å². The zero-order valence-electron chi connectivity index (χ0n) is 14.4. The highest BCUT2D eigenvalue weighted by atomic mass is 32.2. The summed E-state index contributed by atoms with van der Waals surface area (Å²) in [6.45, 7) is 2.52. The van der Waals surface area contributed by atoms with Crippen molar-refractivity contribution < 1.29 is 31.4 Å². The summed E-state index contributed by atoms with van der Waals surface area (Å²) in [6.07, 6.45) is 4.57. The molecule has 0 radical (unpaired) electrons. The van der Waals surface area contributed by atoms with Gasteiger partial charge in [0.15, 0.2) is 0 Å². The molecule has 7 nitrogen and oxygen atoms in total. The molecule has 2 saturated heterocycles. The van der Waals surface area contributed by atoms with Gasteiger partial charge in [-0.1, -0.05) is 0 Å². The molecule has 1 unspecified atom stereocenters. The van der Waals surface area contributed by atoms with E-state index < -0.39 is 22.2 Å². The van der Waals surface area contributed by atoms with Crippen LogP contribution in [0.3, 0.4) is 0 Å². The third-order valence-corrected chi connectivity index (χ3v) is 5.91. The van der Waals surface area contributed by atoms with Crippen LogP contribution >= 0.6 is 0 Å². The van der Waals surface area contributed by atoms with Crippen molar-refractivity contribution in [1.82, 2.24) is 4.72 Å². The maximum absolute atomic E-state index is 12.8. The Morgan fingerprint density at radius 1 is 1.15 bits per heavy atom. The van der Waals surface area contributed by atoms with Crippen molar-refractivity contribution in [2.24, 2.45) is 5.92 Å². The average Bonchev–Trinajstić information content (AvgIpc) is 2.61. The lowest BCUT2D eigenvalue weighted by atomic mass is 9.84. The fraction of sp³-hybridized carbons (Fsp3) is 0.588. The Morgan fingerprint density at radius 3 is 2.65 bits per heavy atom. The summed E-state index contributed by atoms with van der Waals surface area (Å²) in [5, 5.41) is 0. The highest BCUT2D eigenvalue weighted by Crippen LogP contribution is 2.20. The lowest BCUT2D eigenvalue weighted by Crippen LogP contribution is -3.18. The van der Waals surface area contributed by atoms with E-state index in [1.54, 1.807) is 9.62 Å². The number of carbonyl (C=O) groups is 1. The highest BCUT2D eigenvalue weighted by molar-refractivity contribution is 7.85. The van der Waals surface area contributed by atoms with Gasteiger partial charge in [-0.05, 0) is 56.4 Å². The predicted molar refractivity (Wildman–Crippen MR) is 91.5 cm³/mol. The maximum Gasteiger partial charge on any atom is 0.423 e. The molecule has 2 aliphatic rings. The van der Waals surface area contributed by atoms with Gasteiger partial charge in [-0.15, -0.1) is 0 Å². The molecule has 0 saturated carbocycles. The minimum absolute atomic E-state index is 0.0968. The van der Waals surface area contributed by atoms with Gasteiger partial charge in [-0.25, -0.2) is 9.18 Å². The summed E-state index contributed by atoms with van der Waals surface area (Å²) in [7, 11) is -4.38. The summed E-state index contributed by atoms with van der Waals surface area (Å²) < 4.78 is 48.1. The Hall–Kier alpha value is -1.87. The number of hydrogen-bond donors (Lipinski definition) is 2. The molecule has 9 heteroatoms. The molecule has 1 aromatic rings. The second-order valence-corrected chi connectivity index (χ2v) is 8.13. The van der Waals surface area contributed by atoms with Crippen LogP contribution in [0.15, 0.2) is 24.3 Å². The molecule has 2 aliphatic heterocycles. The van der Waals surface area contributed by atoms with Gasteiger partial charge < -0.3 is 13.8 Å². The molecule has 144 valence electrons. The first kappa shape index (κ1) is 18.9. The fourth-order valence-electron chi connectivity index (χ4n) is 3.93. The zero-order valence-corrected chi connectivity index (χ0v) is 15.3. The van der Waals surface area contributed by atoms with Crippen molar-refractivity contribution in [3.05, 3.63) is 30.1 Å². The largest absolute Gasteiger partial charge is 0.448 e. The number of rotatable bonds is 5. The Labute approximate surface area is 152 Å². The summed E-state index contributed by atoms with van der Waals surface area (Å²) in [6, 6.07) is 4.91. The van der Waals surface area contributed by atoms with Crippen LogP contribution in [0, 0.1) is 11.7 Å². The number of amides is 1. The molecule has 2 fully saturated rings. The molecule has 0 aromatic heterocycles. The van der Waals surface area contributed by atoms with Gasteiger partial charge in [0.2, 0.25) is 0 Å². The first-order valence-electron chi connectivity index (χ1n) is 8.92. The molecule has 0 spiro atoms. The van der Waals surface area contributed by atoms with E-state index in [2.05, 4.69) is 0 Å². The zero-order chi connectivity index (χ0) is 18.6. The van der Waals surface area contributed by atoms with E-state index >= 15 is 0 Å². The maximum atomic E-state index is 12.8. The number of halogens is 1. The third-order valence-electron chi connectivity index (χ3n) is 5.09. The predicted octanol–water partition coefficient (Wildman–Crippen LogP) is 1.02. The van der Waals surface area contributed by atoms with Gasteiger partial charge in [-0.3, -0.25) is 0 Å². The summed E-state index contributed by atoms with van der Waals surface area (Å²) in [5.41, 5.74) is 0. The highest BCUT2D eigenvalue weighted by Gasteiger charge is 2.37. The monoisotopic (exact) mass is 387 g/mol. The smallest absolute Gasteiger partial charge is 0.423 e. The quantitative estimate of drug-likeness (QED) is 0.788. The van der Waals surface area contributed by atoms with Crippen molar-refractivity contribution in [2.75, 3.05) is 19.7 Å². The third kappa shape index (κ3) is 5.07. The fourth-order valence-corrected chi connectivity index (χ4v) is 4.60. The van der Waals surface area contributed by atoms with Crippen molar-refractivity contribution in [2.45, 2.75) is 38.1 Å². The van der Waals surface area contributed by atoms with Crippen molar-refractivity contribution >= 4 is 16.4 Å². The van der Waals surface area contributed by atoms with Crippen LogP contribution in [-0.2, 0) is 15.0 Å². The summed E-state index contributed by atoms with van der Waals surface area (Å²) >= 11 is 0. The molecule has 2 N–H and O–H groups in total. The number of quaternary nitrogens is 1. The average molecular weight is 387 g/mol. The van der Waals surface area contributed by atoms with Gasteiger partial charge in [0.05, 0.1) is 19.1 Å². The van der Waals surface area contributed by atoms with Gasteiger partial charge in [0, 0.05) is 5.92 Å². The van der Waals surface area contributed by atoms with Gasteiger partial charge in [0.1, 0.15) is 18.2 Å². The van der Waals surface area contributed by atoms with E-state index in [4.69, 9.17) is 8.92 Å². The van der Waals surface area contributed by atoms with E-state index in [-0.39, 0.29) is 18.3 Å². The van der Waals surface area contributed by atoms with E-state index in [9.17, 15) is 17.6 Å². The van der Waals surface area contributed by atoms with Crippen LogP contribution in [0.25, 0.3) is 0 Å². The molecule has 1 amide bonds.